The molecule has 0 bridgehead atoms. The van der Waals surface area contributed by atoms with E-state index in [0.717, 1.165) is 84.6 Å². The molecule has 2 fully saturated rings. The van der Waals surface area contributed by atoms with Crippen LogP contribution in [0.4, 0.5) is 0 Å². The van der Waals surface area contributed by atoms with Crippen molar-refractivity contribution in [1.29, 1.82) is 0 Å². The van der Waals surface area contributed by atoms with Crippen molar-refractivity contribution in [2.45, 2.75) is 20.4 Å². The van der Waals surface area contributed by atoms with Crippen LogP contribution < -0.4 is 5.32 Å². The first-order valence-electron chi connectivity index (χ1n) is 10.8. The van der Waals surface area contributed by atoms with Gasteiger partial charge in [-0.05, 0) is 18.4 Å². The van der Waals surface area contributed by atoms with Gasteiger partial charge in [0.15, 0.2) is 5.96 Å². The molecule has 0 saturated carbocycles. The number of nitrogens with zero attached hydrogens (tertiary/aromatic N) is 4. The third kappa shape index (κ3) is 6.76. The molecule has 6 nitrogen and oxygen atoms in total. The summed E-state index contributed by atoms with van der Waals surface area (Å²) >= 11 is 0. The van der Waals surface area contributed by atoms with E-state index >= 15 is 0 Å². The highest BCUT2D eigenvalue weighted by atomic mass is 16.5. The van der Waals surface area contributed by atoms with Crippen LogP contribution in [0, 0.1) is 5.92 Å². The fraction of sp³-hybridized carbons (Fsp3) is 0.682. The van der Waals surface area contributed by atoms with Gasteiger partial charge >= 0.3 is 0 Å². The smallest absolute Gasteiger partial charge is 0.194 e. The molecule has 6 heteroatoms. The zero-order valence-electron chi connectivity index (χ0n) is 17.6. The van der Waals surface area contributed by atoms with E-state index in [0.29, 0.717) is 5.92 Å². The molecule has 2 aliphatic heterocycles. The number of hydrogen-bond acceptors (Lipinski definition) is 4. The summed E-state index contributed by atoms with van der Waals surface area (Å²) in [7, 11) is 0. The van der Waals surface area contributed by atoms with Gasteiger partial charge in [0.2, 0.25) is 0 Å². The van der Waals surface area contributed by atoms with Crippen molar-refractivity contribution in [3.63, 3.8) is 0 Å². The number of nitrogens with one attached hydrogen (secondary N) is 1. The normalized spacial score (nSPS) is 20.9. The molecule has 1 atom stereocenters. The molecule has 1 N–H and O–H groups in total. The third-order valence-corrected chi connectivity index (χ3v) is 5.48. The Labute approximate surface area is 170 Å². The summed E-state index contributed by atoms with van der Waals surface area (Å²) in [5.41, 5.74) is 1.40. The zero-order chi connectivity index (χ0) is 19.6. The van der Waals surface area contributed by atoms with Crippen molar-refractivity contribution in [3.05, 3.63) is 35.9 Å². The molecule has 156 valence electrons. The minimum Gasteiger partial charge on any atom is -0.379 e. The molecular formula is C22H37N5O. The maximum atomic E-state index is 5.45. The van der Waals surface area contributed by atoms with Crippen molar-refractivity contribution >= 4 is 5.96 Å². The molecule has 3 rings (SSSR count). The van der Waals surface area contributed by atoms with Gasteiger partial charge in [0.1, 0.15) is 0 Å². The van der Waals surface area contributed by atoms with Gasteiger partial charge in [0, 0.05) is 65.4 Å². The first-order chi connectivity index (χ1) is 13.7. The van der Waals surface area contributed by atoms with Crippen LogP contribution in [0.25, 0.3) is 0 Å². The van der Waals surface area contributed by atoms with Gasteiger partial charge in [-0.3, -0.25) is 14.8 Å². The molecule has 0 radical (unpaired) electrons. The van der Waals surface area contributed by atoms with Gasteiger partial charge in [-0.2, -0.15) is 0 Å². The van der Waals surface area contributed by atoms with E-state index in [2.05, 4.69) is 64.2 Å². The lowest BCUT2D eigenvalue weighted by molar-refractivity contribution is 0.0323. The van der Waals surface area contributed by atoms with Gasteiger partial charge in [0.05, 0.1) is 13.2 Å². The molecule has 2 saturated heterocycles. The quantitative estimate of drug-likeness (QED) is 0.570. The van der Waals surface area contributed by atoms with Crippen LogP contribution in [-0.2, 0) is 11.3 Å². The van der Waals surface area contributed by atoms with Gasteiger partial charge in [-0.1, -0.05) is 37.3 Å². The summed E-state index contributed by atoms with van der Waals surface area (Å²) in [5, 5.41) is 3.50. The summed E-state index contributed by atoms with van der Waals surface area (Å²) in [6.07, 6.45) is 0. The highest BCUT2D eigenvalue weighted by Gasteiger charge is 2.20. The van der Waals surface area contributed by atoms with Crippen LogP contribution in [0.5, 0.6) is 0 Å². The third-order valence-electron chi connectivity index (χ3n) is 5.48. The lowest BCUT2D eigenvalue weighted by atomic mass is 10.1. The Hall–Kier alpha value is -1.63. The Morgan fingerprint density at radius 3 is 2.43 bits per heavy atom. The minimum absolute atomic E-state index is 0.561. The van der Waals surface area contributed by atoms with Crippen LogP contribution >= 0.6 is 0 Å². The highest BCUT2D eigenvalue weighted by Crippen LogP contribution is 2.09. The predicted molar refractivity (Wildman–Crippen MR) is 116 cm³/mol. The van der Waals surface area contributed by atoms with Gasteiger partial charge in [-0.25, -0.2) is 0 Å². The first kappa shape index (κ1) is 21.1. The number of aliphatic imine (C=N–C) groups is 1. The molecular weight excluding hydrogens is 350 g/mol. The Kier molecular flexibility index (Phi) is 8.58. The summed E-state index contributed by atoms with van der Waals surface area (Å²) in [6, 6.07) is 10.8. The maximum absolute atomic E-state index is 5.45. The van der Waals surface area contributed by atoms with Crippen LogP contribution in [0.15, 0.2) is 35.3 Å². The molecule has 1 unspecified atom stereocenters. The second-order valence-corrected chi connectivity index (χ2v) is 7.96. The second-order valence-electron chi connectivity index (χ2n) is 7.96. The number of piperazine rings is 1. The van der Waals surface area contributed by atoms with Gasteiger partial charge < -0.3 is 15.0 Å². The molecule has 0 amide bonds. The van der Waals surface area contributed by atoms with Crippen molar-refractivity contribution in [3.8, 4) is 0 Å². The maximum Gasteiger partial charge on any atom is 0.194 e. The number of hydrogen-bond donors (Lipinski definition) is 1. The molecule has 0 aromatic heterocycles. The molecule has 2 aliphatic rings. The Morgan fingerprint density at radius 1 is 1.04 bits per heavy atom. The number of benzene rings is 1. The van der Waals surface area contributed by atoms with E-state index in [1.165, 1.54) is 5.56 Å². The number of ether oxygens (including phenoxy) is 1. The fourth-order valence-electron chi connectivity index (χ4n) is 3.91. The first-order valence-corrected chi connectivity index (χ1v) is 10.8. The fourth-order valence-corrected chi connectivity index (χ4v) is 3.91. The van der Waals surface area contributed by atoms with Crippen molar-refractivity contribution in [2.24, 2.45) is 10.9 Å². The van der Waals surface area contributed by atoms with Crippen LogP contribution in [-0.4, -0.2) is 92.8 Å². The van der Waals surface area contributed by atoms with E-state index in [4.69, 9.17) is 9.73 Å². The second kappa shape index (κ2) is 11.4. The largest absolute Gasteiger partial charge is 0.379 e. The number of morpholine rings is 1. The molecule has 0 aliphatic carbocycles. The zero-order valence-corrected chi connectivity index (χ0v) is 17.6. The Morgan fingerprint density at radius 2 is 1.75 bits per heavy atom. The molecule has 2 heterocycles. The van der Waals surface area contributed by atoms with Crippen molar-refractivity contribution < 1.29 is 4.74 Å². The lowest BCUT2D eigenvalue weighted by Gasteiger charge is -2.36. The summed E-state index contributed by atoms with van der Waals surface area (Å²) in [4.78, 5) is 12.4. The van der Waals surface area contributed by atoms with Crippen LogP contribution in [0.3, 0.4) is 0 Å². The number of rotatable bonds is 7. The average Bonchev–Trinajstić information content (AvgIpc) is 2.73. The van der Waals surface area contributed by atoms with Crippen molar-refractivity contribution in [1.82, 2.24) is 20.0 Å². The molecule has 0 spiro atoms. The molecule has 1 aromatic carbocycles. The Bertz CT molecular complexity index is 580. The standard InChI is InChI=1S/C22H37N5O/c1-3-23-22(24-17-20(2)18-26-13-15-28-16-14-26)27-11-9-25(10-12-27)19-21-7-5-4-6-8-21/h4-8,20H,3,9-19H2,1-2H3,(H,23,24). The molecule has 28 heavy (non-hydrogen) atoms. The van der Waals surface area contributed by atoms with E-state index in [9.17, 15) is 0 Å². The van der Waals surface area contributed by atoms with E-state index in [1.54, 1.807) is 0 Å². The monoisotopic (exact) mass is 387 g/mol. The van der Waals surface area contributed by atoms with E-state index in [1.807, 2.05) is 0 Å². The van der Waals surface area contributed by atoms with Gasteiger partial charge in [-0.15, -0.1) is 0 Å². The topological polar surface area (TPSA) is 43.3 Å². The van der Waals surface area contributed by atoms with E-state index in [-0.39, 0.29) is 0 Å². The van der Waals surface area contributed by atoms with Crippen molar-refractivity contribution in [2.75, 3.05) is 72.1 Å². The summed E-state index contributed by atoms with van der Waals surface area (Å²) in [5.74, 6) is 1.64. The van der Waals surface area contributed by atoms with E-state index < -0.39 is 0 Å². The SMILES string of the molecule is CCNC(=NCC(C)CN1CCOCC1)N1CCN(Cc2ccccc2)CC1. The van der Waals surface area contributed by atoms with Crippen LogP contribution in [0.1, 0.15) is 19.4 Å². The molecule has 1 aromatic rings. The summed E-state index contributed by atoms with van der Waals surface area (Å²) in [6.45, 7) is 16.5. The van der Waals surface area contributed by atoms with Crippen LogP contribution in [0.2, 0.25) is 0 Å². The average molecular weight is 388 g/mol. The summed E-state index contributed by atoms with van der Waals surface area (Å²) < 4.78 is 5.45. The predicted octanol–water partition coefficient (Wildman–Crippen LogP) is 1.74. The number of guanidine groups is 1. The Balaban J connectivity index is 1.46. The lowest BCUT2D eigenvalue weighted by Crippen LogP contribution is -2.52. The highest BCUT2D eigenvalue weighted by molar-refractivity contribution is 5.80. The van der Waals surface area contributed by atoms with Gasteiger partial charge in [0.25, 0.3) is 0 Å². The minimum atomic E-state index is 0.561.